The summed E-state index contributed by atoms with van der Waals surface area (Å²) in [6.45, 7) is 37.7. The molecule has 0 atom stereocenters. The molecule has 0 saturated heterocycles. The van der Waals surface area contributed by atoms with Crippen LogP contribution in [-0.2, 0) is 26.5 Å². The predicted octanol–water partition coefficient (Wildman–Crippen LogP) is 14.1. The third-order valence-electron chi connectivity index (χ3n) is 12.4. The molecular formula is C52H57NO2. The molecule has 0 fully saturated rings. The first-order chi connectivity index (χ1) is 25.3. The largest absolute Gasteiger partial charge is 0.506 e. The number of aromatic nitrogens is 1. The number of allylic oxidation sites excluding steroid dienone is 6. The van der Waals surface area contributed by atoms with Gasteiger partial charge in [-0.1, -0.05) is 114 Å². The molecule has 0 unspecified atom stereocenters. The van der Waals surface area contributed by atoms with Gasteiger partial charge in [-0.3, -0.25) is 4.79 Å². The van der Waals surface area contributed by atoms with E-state index in [9.17, 15) is 9.90 Å². The van der Waals surface area contributed by atoms with E-state index in [4.69, 9.17) is 0 Å². The summed E-state index contributed by atoms with van der Waals surface area (Å²) in [7, 11) is 0. The molecule has 3 nitrogen and oxygen atoms in total. The number of aromatic amines is 1. The minimum Gasteiger partial charge on any atom is -0.506 e. The van der Waals surface area contributed by atoms with Gasteiger partial charge >= 0.3 is 0 Å². The average Bonchev–Trinajstić information content (AvgIpc) is 3.68. The van der Waals surface area contributed by atoms with Crippen LogP contribution in [0.4, 0.5) is 0 Å². The number of nitrogens with one attached hydrogen (secondary N) is 1. The van der Waals surface area contributed by atoms with E-state index in [-0.39, 0.29) is 33.2 Å². The zero-order valence-corrected chi connectivity index (χ0v) is 35.7. The lowest BCUT2D eigenvalue weighted by Gasteiger charge is -2.26. The van der Waals surface area contributed by atoms with Crippen molar-refractivity contribution in [3.63, 3.8) is 0 Å². The summed E-state index contributed by atoms with van der Waals surface area (Å²) in [4.78, 5) is 18.4. The van der Waals surface area contributed by atoms with Gasteiger partial charge in [-0.15, -0.1) is 0 Å². The second-order valence-electron chi connectivity index (χ2n) is 20.7. The standard InChI is InChI=1S/C52H57NO2/c1-25(2)38-34-21-30(49(5,6)7)17-28-18-31(50(8,9)10)22-35(42(28)34)39(38)26(3)40-47(54)45(48(40)55)46-44-37-24-33(52(14,15)16)20-29-19-32(51(11,12)13)23-36(43(29)37)41(44)27(4)53-46/h17-24,53-54H,1H2,2-16H3/b40-26+. The topological polar surface area (TPSA) is 53.1 Å². The van der Waals surface area contributed by atoms with E-state index in [1.165, 1.54) is 49.4 Å². The number of benzene rings is 4. The molecule has 3 aliphatic carbocycles. The highest BCUT2D eigenvalue weighted by molar-refractivity contribution is 6.41. The number of aliphatic hydroxyl groups is 1. The van der Waals surface area contributed by atoms with Crippen LogP contribution in [0.2, 0.25) is 0 Å². The molecule has 4 aromatic carbocycles. The second kappa shape index (κ2) is 11.3. The zero-order valence-electron chi connectivity index (χ0n) is 35.7. The predicted molar refractivity (Wildman–Crippen MR) is 235 cm³/mol. The Balaban J connectivity index is 1.37. The molecule has 55 heavy (non-hydrogen) atoms. The Morgan fingerprint density at radius 2 is 0.964 bits per heavy atom. The highest BCUT2D eigenvalue weighted by Crippen LogP contribution is 2.57. The van der Waals surface area contributed by atoms with Crippen LogP contribution in [-0.4, -0.2) is 15.9 Å². The number of H-pyrrole nitrogens is 1. The van der Waals surface area contributed by atoms with Gasteiger partial charge < -0.3 is 10.1 Å². The number of rotatable bonds is 3. The van der Waals surface area contributed by atoms with Crippen LogP contribution < -0.4 is 0 Å². The van der Waals surface area contributed by atoms with E-state index in [1.54, 1.807) is 0 Å². The van der Waals surface area contributed by atoms with Crippen LogP contribution in [0, 0.1) is 6.92 Å². The number of carbonyl (C=O) groups excluding carboxylic acids is 1. The maximum absolute atomic E-state index is 14.8. The minimum absolute atomic E-state index is 0.0378. The fourth-order valence-electron chi connectivity index (χ4n) is 9.18. The van der Waals surface area contributed by atoms with Crippen LogP contribution >= 0.6 is 0 Å². The maximum Gasteiger partial charge on any atom is 0.202 e. The summed E-state index contributed by atoms with van der Waals surface area (Å²) in [5, 5.41) is 17.1. The van der Waals surface area contributed by atoms with Crippen molar-refractivity contribution in [2.75, 3.05) is 0 Å². The third kappa shape index (κ3) is 5.32. The first-order valence-electron chi connectivity index (χ1n) is 19.9. The van der Waals surface area contributed by atoms with Gasteiger partial charge in [-0.05, 0) is 155 Å². The van der Waals surface area contributed by atoms with E-state index in [2.05, 4.69) is 157 Å². The van der Waals surface area contributed by atoms with E-state index in [1.807, 2.05) is 6.92 Å². The highest BCUT2D eigenvalue weighted by Gasteiger charge is 2.43. The van der Waals surface area contributed by atoms with Crippen LogP contribution in [0.1, 0.15) is 142 Å². The van der Waals surface area contributed by atoms with Crippen molar-refractivity contribution in [3.05, 3.63) is 122 Å². The Labute approximate surface area is 328 Å². The molecular weight excluding hydrogens is 671 g/mol. The summed E-state index contributed by atoms with van der Waals surface area (Å²) < 4.78 is 0. The molecule has 0 amide bonds. The maximum atomic E-state index is 14.8. The monoisotopic (exact) mass is 727 g/mol. The van der Waals surface area contributed by atoms with Crippen LogP contribution in [0.25, 0.3) is 60.5 Å². The fraction of sp³-hybridized carbons (Fsp3) is 0.365. The van der Waals surface area contributed by atoms with Crippen molar-refractivity contribution >= 4 is 44.0 Å². The molecule has 0 saturated carbocycles. The van der Waals surface area contributed by atoms with Crippen molar-refractivity contribution in [3.8, 4) is 22.3 Å². The molecule has 1 heterocycles. The Bertz CT molecular complexity index is 2710. The van der Waals surface area contributed by atoms with Gasteiger partial charge in [-0.25, -0.2) is 0 Å². The number of aryl methyl sites for hydroxylation is 1. The lowest BCUT2D eigenvalue weighted by molar-refractivity contribution is -0.111. The van der Waals surface area contributed by atoms with Crippen LogP contribution in [0.5, 0.6) is 0 Å². The Kier molecular flexibility index (Phi) is 7.64. The number of carbonyl (C=O) groups is 1. The molecule has 1 aromatic heterocycles. The zero-order chi connectivity index (χ0) is 40.2. The molecule has 282 valence electrons. The number of ketones is 1. The first-order valence-corrected chi connectivity index (χ1v) is 19.9. The van der Waals surface area contributed by atoms with Crippen LogP contribution in [0.15, 0.2) is 77.6 Å². The number of hydrogen-bond donors (Lipinski definition) is 2. The molecule has 5 aromatic rings. The number of Topliss-reactive ketones (excluding diaryl/α,β-unsaturated/α-hetero) is 1. The summed E-state index contributed by atoms with van der Waals surface area (Å²) >= 11 is 0. The first kappa shape index (κ1) is 37.1. The normalized spacial score (nSPS) is 16.5. The smallest absolute Gasteiger partial charge is 0.202 e. The van der Waals surface area contributed by atoms with E-state index >= 15 is 0 Å². The number of aliphatic hydroxyl groups excluding tert-OH is 1. The summed E-state index contributed by atoms with van der Waals surface area (Å²) in [6, 6.07) is 18.7. The van der Waals surface area contributed by atoms with Gasteiger partial charge in [0, 0.05) is 16.8 Å². The van der Waals surface area contributed by atoms with Gasteiger partial charge in [0.05, 0.1) is 16.8 Å². The van der Waals surface area contributed by atoms with Crippen molar-refractivity contribution in [2.24, 2.45) is 0 Å². The van der Waals surface area contributed by atoms with Crippen LogP contribution in [0.3, 0.4) is 0 Å². The minimum atomic E-state index is -0.128. The van der Waals surface area contributed by atoms with Crippen molar-refractivity contribution in [2.45, 2.75) is 126 Å². The molecule has 0 bridgehead atoms. The summed E-state index contributed by atoms with van der Waals surface area (Å²) in [6.07, 6.45) is 0. The van der Waals surface area contributed by atoms with Crippen molar-refractivity contribution < 1.29 is 9.90 Å². The Hall–Kier alpha value is -4.89. The van der Waals surface area contributed by atoms with E-state index in [0.717, 1.165) is 55.8 Å². The van der Waals surface area contributed by atoms with Crippen molar-refractivity contribution in [1.29, 1.82) is 0 Å². The lowest BCUT2D eigenvalue weighted by atomic mass is 9.77. The molecule has 3 heteroatoms. The molecule has 0 aliphatic heterocycles. The quantitative estimate of drug-likeness (QED) is 0.178. The molecule has 0 radical (unpaired) electrons. The number of hydrogen-bond acceptors (Lipinski definition) is 2. The fourth-order valence-corrected chi connectivity index (χ4v) is 9.18. The van der Waals surface area contributed by atoms with Crippen molar-refractivity contribution in [1.82, 2.24) is 4.98 Å². The van der Waals surface area contributed by atoms with Gasteiger partial charge in [0.15, 0.2) is 0 Å². The Morgan fingerprint density at radius 1 is 0.582 bits per heavy atom. The van der Waals surface area contributed by atoms with Gasteiger partial charge in [-0.2, -0.15) is 0 Å². The third-order valence-corrected chi connectivity index (χ3v) is 12.4. The molecule has 8 rings (SSSR count). The second-order valence-corrected chi connectivity index (χ2v) is 20.7. The summed E-state index contributed by atoms with van der Waals surface area (Å²) in [5.41, 5.74) is 17.8. The highest BCUT2D eigenvalue weighted by atomic mass is 16.3. The lowest BCUT2D eigenvalue weighted by Crippen LogP contribution is -2.23. The molecule has 3 aliphatic rings. The molecule has 2 N–H and O–H groups in total. The Morgan fingerprint density at radius 3 is 1.36 bits per heavy atom. The van der Waals surface area contributed by atoms with Gasteiger partial charge in [0.25, 0.3) is 0 Å². The van der Waals surface area contributed by atoms with Gasteiger partial charge in [0.1, 0.15) is 5.76 Å². The summed E-state index contributed by atoms with van der Waals surface area (Å²) in [5.74, 6) is -0.0686. The molecule has 0 spiro atoms. The number of fused-ring (bicyclic) bond motifs is 3. The van der Waals surface area contributed by atoms with E-state index in [0.29, 0.717) is 16.8 Å². The SMILES string of the molecule is C=C(C)C1=C(/C(C)=C2/C(=O)C(c3[nH]c(C)c4c3-c3cc(C(C)(C)C)cc5cc(C(C)(C)C)cc-4c35)=C2O)c2cc(C(C)(C)C)cc3cc(C(C)(C)C)cc1c23. The van der Waals surface area contributed by atoms with E-state index < -0.39 is 0 Å². The average molecular weight is 728 g/mol. The van der Waals surface area contributed by atoms with Gasteiger partial charge in [0.2, 0.25) is 5.78 Å².